The summed E-state index contributed by atoms with van der Waals surface area (Å²) in [6.07, 6.45) is 2.05. The molecule has 3 rings (SSSR count). The van der Waals surface area contributed by atoms with E-state index in [2.05, 4.69) is 9.64 Å². The molecule has 2 aromatic rings. The monoisotopic (exact) mass is 329 g/mol. The van der Waals surface area contributed by atoms with Crippen LogP contribution in [0.5, 0.6) is 5.75 Å². The highest BCUT2D eigenvalue weighted by Gasteiger charge is 2.21. The number of anilines is 1. The van der Waals surface area contributed by atoms with Gasteiger partial charge in [0.15, 0.2) is 0 Å². The summed E-state index contributed by atoms with van der Waals surface area (Å²) in [7, 11) is 1.36. The van der Waals surface area contributed by atoms with Gasteiger partial charge in [0.1, 0.15) is 17.7 Å². The summed E-state index contributed by atoms with van der Waals surface area (Å²) in [5.74, 6) is 0.143. The fourth-order valence-electron chi connectivity index (χ4n) is 2.90. The molecule has 0 N–H and O–H groups in total. The third-order valence-electron chi connectivity index (χ3n) is 4.15. The van der Waals surface area contributed by atoms with E-state index in [1.165, 1.54) is 19.2 Å². The molecule has 0 spiro atoms. The van der Waals surface area contributed by atoms with Crippen molar-refractivity contribution in [1.82, 2.24) is 0 Å². The van der Waals surface area contributed by atoms with Crippen molar-refractivity contribution in [2.45, 2.75) is 18.9 Å². The number of methoxy groups -OCH3 is 1. The van der Waals surface area contributed by atoms with E-state index in [0.717, 1.165) is 37.4 Å². The zero-order valence-corrected chi connectivity index (χ0v) is 13.6. The number of carbonyl (C=O) groups excluding carboxylic acids is 1. The average Bonchev–Trinajstić information content (AvgIpc) is 2.62. The molecule has 126 valence electrons. The van der Waals surface area contributed by atoms with E-state index < -0.39 is 0 Å². The van der Waals surface area contributed by atoms with Crippen LogP contribution in [0.1, 0.15) is 23.2 Å². The topological polar surface area (TPSA) is 38.8 Å². The molecule has 24 heavy (non-hydrogen) atoms. The van der Waals surface area contributed by atoms with Crippen molar-refractivity contribution in [3.8, 4) is 5.75 Å². The van der Waals surface area contributed by atoms with Crippen LogP contribution >= 0.6 is 0 Å². The molecule has 1 aliphatic heterocycles. The van der Waals surface area contributed by atoms with E-state index in [1.807, 2.05) is 0 Å². The third kappa shape index (κ3) is 3.85. The standard InChI is InChI=1S/C19H20FNO3/c1-23-19(22)14-4-10-17(11-5-14)24-18-3-2-12-21(13-18)16-8-6-15(20)7-9-16/h4-11,18H,2-3,12-13H2,1H3. The molecule has 1 unspecified atom stereocenters. The Hall–Kier alpha value is -2.56. The molecule has 1 atom stereocenters. The van der Waals surface area contributed by atoms with E-state index in [0.29, 0.717) is 5.56 Å². The molecule has 1 aliphatic rings. The van der Waals surface area contributed by atoms with Gasteiger partial charge in [0.2, 0.25) is 0 Å². The van der Waals surface area contributed by atoms with Crippen LogP contribution in [-0.4, -0.2) is 32.3 Å². The lowest BCUT2D eigenvalue weighted by molar-refractivity contribution is 0.0600. The maximum absolute atomic E-state index is 13.1. The minimum Gasteiger partial charge on any atom is -0.489 e. The van der Waals surface area contributed by atoms with E-state index in [9.17, 15) is 9.18 Å². The molecule has 0 bridgehead atoms. The summed E-state index contributed by atoms with van der Waals surface area (Å²) >= 11 is 0. The largest absolute Gasteiger partial charge is 0.489 e. The summed E-state index contributed by atoms with van der Waals surface area (Å²) < 4.78 is 23.8. The Morgan fingerprint density at radius 3 is 2.50 bits per heavy atom. The van der Waals surface area contributed by atoms with E-state index in [1.54, 1.807) is 36.4 Å². The molecule has 5 heteroatoms. The minimum absolute atomic E-state index is 0.0628. The molecule has 0 radical (unpaired) electrons. The lowest BCUT2D eigenvalue weighted by atomic mass is 10.1. The number of ether oxygens (including phenoxy) is 2. The fourth-order valence-corrected chi connectivity index (χ4v) is 2.90. The minimum atomic E-state index is -0.360. The first-order valence-electron chi connectivity index (χ1n) is 8.01. The highest BCUT2D eigenvalue weighted by molar-refractivity contribution is 5.89. The highest BCUT2D eigenvalue weighted by atomic mass is 19.1. The van der Waals surface area contributed by atoms with Crippen molar-refractivity contribution in [3.63, 3.8) is 0 Å². The first kappa shape index (κ1) is 16.3. The van der Waals surface area contributed by atoms with Gasteiger partial charge < -0.3 is 14.4 Å². The fraction of sp³-hybridized carbons (Fsp3) is 0.316. The molecule has 0 aromatic heterocycles. The highest BCUT2D eigenvalue weighted by Crippen LogP contribution is 2.23. The third-order valence-corrected chi connectivity index (χ3v) is 4.15. The zero-order valence-electron chi connectivity index (χ0n) is 13.6. The summed E-state index contributed by atoms with van der Waals surface area (Å²) in [6.45, 7) is 1.69. The van der Waals surface area contributed by atoms with Crippen molar-refractivity contribution in [2.75, 3.05) is 25.1 Å². The summed E-state index contributed by atoms with van der Waals surface area (Å²) in [6, 6.07) is 13.5. The average molecular weight is 329 g/mol. The molecule has 1 heterocycles. The van der Waals surface area contributed by atoms with E-state index >= 15 is 0 Å². The van der Waals surface area contributed by atoms with Gasteiger partial charge in [0.05, 0.1) is 19.2 Å². The second-order valence-electron chi connectivity index (χ2n) is 5.82. The van der Waals surface area contributed by atoms with Crippen molar-refractivity contribution in [2.24, 2.45) is 0 Å². The Balaban J connectivity index is 1.63. The van der Waals surface area contributed by atoms with Crippen LogP contribution < -0.4 is 9.64 Å². The number of nitrogens with zero attached hydrogens (tertiary/aromatic N) is 1. The number of hydrogen-bond acceptors (Lipinski definition) is 4. The molecular formula is C19H20FNO3. The second-order valence-corrected chi connectivity index (χ2v) is 5.82. The van der Waals surface area contributed by atoms with Crippen molar-refractivity contribution in [1.29, 1.82) is 0 Å². The van der Waals surface area contributed by atoms with E-state index in [4.69, 9.17) is 4.74 Å². The first-order valence-corrected chi connectivity index (χ1v) is 8.01. The van der Waals surface area contributed by atoms with Gasteiger partial charge in [-0.3, -0.25) is 0 Å². The molecule has 0 saturated carbocycles. The van der Waals surface area contributed by atoms with Gasteiger partial charge in [-0.2, -0.15) is 0 Å². The number of carbonyl (C=O) groups is 1. The number of rotatable bonds is 4. The van der Waals surface area contributed by atoms with Crippen LogP contribution in [0.15, 0.2) is 48.5 Å². The van der Waals surface area contributed by atoms with Crippen molar-refractivity contribution >= 4 is 11.7 Å². The predicted molar refractivity (Wildman–Crippen MR) is 90.0 cm³/mol. The normalized spacial score (nSPS) is 17.4. The number of halogens is 1. The zero-order chi connectivity index (χ0) is 16.9. The van der Waals surface area contributed by atoms with Gasteiger partial charge in [0, 0.05) is 12.2 Å². The molecule has 1 fully saturated rings. The second kappa shape index (κ2) is 7.34. The van der Waals surface area contributed by atoms with Gasteiger partial charge in [-0.15, -0.1) is 0 Å². The lowest BCUT2D eigenvalue weighted by Crippen LogP contribution is -2.41. The van der Waals surface area contributed by atoms with Crippen LogP contribution in [0.25, 0.3) is 0 Å². The molecule has 2 aromatic carbocycles. The molecule has 1 saturated heterocycles. The number of piperidine rings is 1. The van der Waals surface area contributed by atoms with Gasteiger partial charge in [0.25, 0.3) is 0 Å². The van der Waals surface area contributed by atoms with Gasteiger partial charge in [-0.1, -0.05) is 0 Å². The molecule has 0 aliphatic carbocycles. The first-order chi connectivity index (χ1) is 11.7. The van der Waals surface area contributed by atoms with Crippen molar-refractivity contribution in [3.05, 3.63) is 59.9 Å². The number of esters is 1. The van der Waals surface area contributed by atoms with Crippen LogP contribution in [0.2, 0.25) is 0 Å². The Morgan fingerprint density at radius 1 is 1.12 bits per heavy atom. The van der Waals surface area contributed by atoms with Crippen molar-refractivity contribution < 1.29 is 18.7 Å². The summed E-state index contributed by atoms with van der Waals surface area (Å²) in [4.78, 5) is 13.6. The Kier molecular flexibility index (Phi) is 4.99. The molecule has 0 amide bonds. The van der Waals surface area contributed by atoms with Crippen LogP contribution in [0, 0.1) is 5.82 Å². The van der Waals surface area contributed by atoms with Crippen LogP contribution in [0.3, 0.4) is 0 Å². The maximum atomic E-state index is 13.1. The number of hydrogen-bond donors (Lipinski definition) is 0. The van der Waals surface area contributed by atoms with Crippen LogP contribution in [0.4, 0.5) is 10.1 Å². The smallest absolute Gasteiger partial charge is 0.337 e. The Bertz CT molecular complexity index is 685. The van der Waals surface area contributed by atoms with Gasteiger partial charge >= 0.3 is 5.97 Å². The number of benzene rings is 2. The van der Waals surface area contributed by atoms with Crippen LogP contribution in [-0.2, 0) is 4.74 Å². The Labute approximate surface area is 140 Å². The predicted octanol–water partition coefficient (Wildman–Crippen LogP) is 3.66. The molecule has 4 nitrogen and oxygen atoms in total. The summed E-state index contributed by atoms with van der Waals surface area (Å²) in [5.41, 5.74) is 1.51. The lowest BCUT2D eigenvalue weighted by Gasteiger charge is -2.34. The van der Waals surface area contributed by atoms with E-state index in [-0.39, 0.29) is 17.9 Å². The quantitative estimate of drug-likeness (QED) is 0.803. The van der Waals surface area contributed by atoms with Gasteiger partial charge in [-0.25, -0.2) is 9.18 Å². The van der Waals surface area contributed by atoms with Gasteiger partial charge in [-0.05, 0) is 61.4 Å². The SMILES string of the molecule is COC(=O)c1ccc(OC2CCCN(c3ccc(F)cc3)C2)cc1. The molecular weight excluding hydrogens is 309 g/mol. The maximum Gasteiger partial charge on any atom is 0.337 e. The summed E-state index contributed by atoms with van der Waals surface area (Å²) in [5, 5.41) is 0. The Morgan fingerprint density at radius 2 is 1.83 bits per heavy atom.